The maximum absolute atomic E-state index is 13.7. The Hall–Kier alpha value is -4.47. The lowest BCUT2D eigenvalue weighted by Gasteiger charge is -2.20. The third-order valence-corrected chi connectivity index (χ3v) is 7.71. The van der Waals surface area contributed by atoms with Gasteiger partial charge in [-0.25, -0.2) is 18.1 Å². The van der Waals surface area contributed by atoms with E-state index in [9.17, 15) is 13.2 Å². The van der Waals surface area contributed by atoms with Gasteiger partial charge in [0.1, 0.15) is 0 Å². The lowest BCUT2D eigenvalue weighted by molar-refractivity contribution is -0.143. The molecule has 4 aromatic carbocycles. The molecule has 0 fully saturated rings. The van der Waals surface area contributed by atoms with Crippen molar-refractivity contribution in [3.63, 3.8) is 0 Å². The molecule has 9 heteroatoms. The number of nitrogens with zero attached hydrogens (tertiary/aromatic N) is 1. The predicted molar refractivity (Wildman–Crippen MR) is 152 cm³/mol. The Labute approximate surface area is 227 Å². The molecule has 1 unspecified atom stereocenters. The van der Waals surface area contributed by atoms with Gasteiger partial charge in [0.15, 0.2) is 0 Å². The highest BCUT2D eigenvalue weighted by Gasteiger charge is 2.26. The third-order valence-electron chi connectivity index (χ3n) is 6.18. The Morgan fingerprint density at radius 2 is 1.67 bits per heavy atom. The minimum atomic E-state index is -4.03. The van der Waals surface area contributed by atoms with Gasteiger partial charge in [0.2, 0.25) is 16.0 Å². The summed E-state index contributed by atoms with van der Waals surface area (Å²) >= 11 is 0. The minimum Gasteiger partial charge on any atom is -0.466 e. The highest BCUT2D eigenvalue weighted by atomic mass is 32.2. The van der Waals surface area contributed by atoms with Crippen LogP contribution in [0.2, 0.25) is 0 Å². The molecular weight excluding hydrogens is 512 g/mol. The van der Waals surface area contributed by atoms with Crippen LogP contribution in [0, 0.1) is 0 Å². The summed E-state index contributed by atoms with van der Waals surface area (Å²) < 4.78 is 35.3. The molecule has 0 radical (unpaired) electrons. The van der Waals surface area contributed by atoms with Crippen molar-refractivity contribution < 1.29 is 17.9 Å². The molecular formula is C30H28N4O4S. The molecule has 5 rings (SSSR count). The van der Waals surface area contributed by atoms with Crippen molar-refractivity contribution in [2.75, 3.05) is 11.9 Å². The zero-order valence-electron chi connectivity index (χ0n) is 21.3. The number of ether oxygens (including phenoxy) is 1. The summed E-state index contributed by atoms with van der Waals surface area (Å²) in [6.45, 7) is 1.93. The van der Waals surface area contributed by atoms with E-state index in [4.69, 9.17) is 4.74 Å². The molecule has 0 bridgehead atoms. The molecule has 1 heterocycles. The van der Waals surface area contributed by atoms with E-state index in [1.165, 1.54) is 0 Å². The van der Waals surface area contributed by atoms with Crippen molar-refractivity contribution >= 4 is 38.7 Å². The monoisotopic (exact) mass is 540 g/mol. The van der Waals surface area contributed by atoms with E-state index >= 15 is 0 Å². The maximum Gasteiger partial charge on any atom is 0.307 e. The average Bonchev–Trinajstić information content (AvgIpc) is 3.36. The number of sulfonamides is 1. The van der Waals surface area contributed by atoms with Gasteiger partial charge in [0, 0.05) is 11.3 Å². The number of carbonyl (C=O) groups excluding carboxylic acids is 1. The van der Waals surface area contributed by atoms with Crippen molar-refractivity contribution in [2.45, 2.75) is 24.3 Å². The standard InChI is InChI=1S/C30H28N4O4S/c1-2-38-29(35)20-27(21-11-4-3-5-12-21)34-39(36,37)28-18-9-6-15-24(28)22-13-10-14-23(19-22)31-30-32-25-16-7-8-17-26(25)33-30/h3-19,27,34H,2,20H2,1H3,(H2,31,32,33). The fourth-order valence-corrected chi connectivity index (χ4v) is 5.86. The number of carbonyl (C=O) groups is 1. The summed E-state index contributed by atoms with van der Waals surface area (Å²) in [6, 6.07) is 30.2. The SMILES string of the molecule is CCOC(=O)CC(NS(=O)(=O)c1ccccc1-c1cccc(Nc2nc3ccccc3[nH]2)c1)c1ccccc1. The number of rotatable bonds is 10. The summed E-state index contributed by atoms with van der Waals surface area (Å²) in [5.74, 6) is 0.104. The number of hydrogen-bond donors (Lipinski definition) is 3. The van der Waals surface area contributed by atoms with Crippen LogP contribution in [0.1, 0.15) is 24.9 Å². The van der Waals surface area contributed by atoms with Gasteiger partial charge in [0.05, 0.1) is 35.0 Å². The van der Waals surface area contributed by atoms with Crippen molar-refractivity contribution in [2.24, 2.45) is 0 Å². The lowest BCUT2D eigenvalue weighted by atomic mass is 10.1. The third kappa shape index (κ3) is 6.17. The number of H-pyrrole nitrogens is 1. The van der Waals surface area contributed by atoms with Gasteiger partial charge in [0.25, 0.3) is 0 Å². The van der Waals surface area contributed by atoms with Crippen molar-refractivity contribution in [3.8, 4) is 11.1 Å². The van der Waals surface area contributed by atoms with E-state index in [0.717, 1.165) is 16.7 Å². The van der Waals surface area contributed by atoms with Gasteiger partial charge < -0.3 is 15.0 Å². The van der Waals surface area contributed by atoms with Crippen LogP contribution in [-0.4, -0.2) is 31.0 Å². The zero-order valence-corrected chi connectivity index (χ0v) is 22.1. The quantitative estimate of drug-likeness (QED) is 0.189. The lowest BCUT2D eigenvalue weighted by Crippen LogP contribution is -2.31. The highest BCUT2D eigenvalue weighted by molar-refractivity contribution is 7.89. The molecule has 198 valence electrons. The summed E-state index contributed by atoms with van der Waals surface area (Å²) in [5, 5.41) is 3.27. The molecule has 0 aliphatic rings. The second kappa shape index (κ2) is 11.5. The van der Waals surface area contributed by atoms with Crippen LogP contribution in [0.25, 0.3) is 22.2 Å². The Bertz CT molecular complexity index is 1670. The molecule has 1 atom stereocenters. The average molecular weight is 541 g/mol. The van der Waals surface area contributed by atoms with Crippen LogP contribution in [0.4, 0.5) is 11.6 Å². The Kier molecular flexibility index (Phi) is 7.72. The first-order chi connectivity index (χ1) is 18.9. The fraction of sp³-hybridized carbons (Fsp3) is 0.133. The molecule has 0 amide bonds. The number of imidazole rings is 1. The number of esters is 1. The Balaban J connectivity index is 1.45. The first kappa shape index (κ1) is 26.1. The van der Waals surface area contributed by atoms with Gasteiger partial charge in [-0.3, -0.25) is 4.79 Å². The maximum atomic E-state index is 13.7. The summed E-state index contributed by atoms with van der Waals surface area (Å²) in [4.78, 5) is 20.2. The van der Waals surface area contributed by atoms with E-state index < -0.39 is 22.0 Å². The topological polar surface area (TPSA) is 113 Å². The van der Waals surface area contributed by atoms with E-state index in [1.807, 2.05) is 54.6 Å². The number of hydrogen-bond acceptors (Lipinski definition) is 6. The molecule has 0 aliphatic carbocycles. The van der Waals surface area contributed by atoms with Gasteiger partial charge >= 0.3 is 5.97 Å². The second-order valence-electron chi connectivity index (χ2n) is 8.90. The minimum absolute atomic E-state index is 0.107. The van der Waals surface area contributed by atoms with E-state index in [2.05, 4.69) is 20.0 Å². The van der Waals surface area contributed by atoms with Gasteiger partial charge in [-0.05, 0) is 48.4 Å². The Morgan fingerprint density at radius 3 is 2.46 bits per heavy atom. The zero-order chi connectivity index (χ0) is 27.2. The Morgan fingerprint density at radius 1 is 0.923 bits per heavy atom. The van der Waals surface area contributed by atoms with Gasteiger partial charge in [-0.1, -0.05) is 72.8 Å². The summed E-state index contributed by atoms with van der Waals surface area (Å²) in [6.07, 6.45) is -0.129. The number of benzene rings is 4. The second-order valence-corrected chi connectivity index (χ2v) is 10.6. The van der Waals surface area contributed by atoms with E-state index in [1.54, 1.807) is 55.5 Å². The molecule has 0 saturated carbocycles. The van der Waals surface area contributed by atoms with Crippen LogP contribution in [0.15, 0.2) is 108 Å². The first-order valence-electron chi connectivity index (χ1n) is 12.6. The van der Waals surface area contributed by atoms with Crippen LogP contribution >= 0.6 is 0 Å². The molecule has 0 spiro atoms. The molecule has 3 N–H and O–H groups in total. The first-order valence-corrected chi connectivity index (χ1v) is 14.1. The highest BCUT2D eigenvalue weighted by Crippen LogP contribution is 2.31. The molecule has 0 saturated heterocycles. The van der Waals surface area contributed by atoms with Crippen LogP contribution < -0.4 is 10.0 Å². The molecule has 1 aromatic heterocycles. The van der Waals surface area contributed by atoms with Crippen molar-refractivity contribution in [3.05, 3.63) is 109 Å². The largest absolute Gasteiger partial charge is 0.466 e. The smallest absolute Gasteiger partial charge is 0.307 e. The van der Waals surface area contributed by atoms with Crippen molar-refractivity contribution in [1.82, 2.24) is 14.7 Å². The molecule has 5 aromatic rings. The van der Waals surface area contributed by atoms with Crippen LogP contribution in [-0.2, 0) is 19.6 Å². The number of aromatic nitrogens is 2. The van der Waals surface area contributed by atoms with E-state index in [-0.39, 0.29) is 17.9 Å². The molecule has 8 nitrogen and oxygen atoms in total. The van der Waals surface area contributed by atoms with Crippen LogP contribution in [0.5, 0.6) is 0 Å². The molecule has 0 aliphatic heterocycles. The van der Waals surface area contributed by atoms with E-state index in [0.29, 0.717) is 22.6 Å². The number of anilines is 2. The normalized spacial score (nSPS) is 12.2. The molecule has 39 heavy (non-hydrogen) atoms. The van der Waals surface area contributed by atoms with Gasteiger partial charge in [-0.2, -0.15) is 0 Å². The summed E-state index contributed by atoms with van der Waals surface area (Å²) in [5.41, 5.74) is 4.41. The number of para-hydroxylation sites is 2. The van der Waals surface area contributed by atoms with Gasteiger partial charge in [-0.15, -0.1) is 0 Å². The fourth-order valence-electron chi connectivity index (χ4n) is 4.40. The number of nitrogens with one attached hydrogen (secondary N) is 3. The summed E-state index contributed by atoms with van der Waals surface area (Å²) in [7, 11) is -4.03. The predicted octanol–water partition coefficient (Wildman–Crippen LogP) is 5.95. The number of aromatic amines is 1. The number of fused-ring (bicyclic) bond motifs is 1. The van der Waals surface area contributed by atoms with Crippen molar-refractivity contribution in [1.29, 1.82) is 0 Å². The van der Waals surface area contributed by atoms with Crippen LogP contribution in [0.3, 0.4) is 0 Å².